The van der Waals surface area contributed by atoms with Crippen LogP contribution in [-0.2, 0) is 23.7 Å². The van der Waals surface area contributed by atoms with Crippen molar-refractivity contribution in [1.82, 2.24) is 0 Å². The van der Waals surface area contributed by atoms with Gasteiger partial charge < -0.3 is 4.74 Å². The van der Waals surface area contributed by atoms with Crippen molar-refractivity contribution in [3.63, 3.8) is 0 Å². The lowest BCUT2D eigenvalue weighted by Gasteiger charge is -2.22. The highest BCUT2D eigenvalue weighted by molar-refractivity contribution is 7.96. The van der Waals surface area contributed by atoms with Gasteiger partial charge in [-0.25, -0.2) is 10.1 Å². The van der Waals surface area contributed by atoms with Crippen molar-refractivity contribution in [3.8, 4) is 0 Å². The molecule has 98 valence electrons. The first-order valence-electron chi connectivity index (χ1n) is 4.75. The lowest BCUT2D eigenvalue weighted by atomic mass is 9.96. The molecule has 1 fully saturated rings. The van der Waals surface area contributed by atoms with Crippen LogP contribution in [0.3, 0.4) is 0 Å². The molecule has 0 radical (unpaired) electrons. The molecule has 9 heteroatoms. The summed E-state index contributed by atoms with van der Waals surface area (Å²) >= 11 is -0.715. The van der Waals surface area contributed by atoms with E-state index in [0.717, 1.165) is 0 Å². The van der Waals surface area contributed by atoms with E-state index < -0.39 is 29.4 Å². The number of esters is 1. The minimum Gasteiger partial charge on any atom is -0.449 e. The summed E-state index contributed by atoms with van der Waals surface area (Å²) in [7, 11) is 0. The third kappa shape index (κ3) is 4.19. The zero-order chi connectivity index (χ0) is 12.9. The van der Waals surface area contributed by atoms with Gasteiger partial charge in [-0.3, -0.25) is 4.79 Å². The van der Waals surface area contributed by atoms with Crippen LogP contribution in [0.1, 0.15) is 25.7 Å². The highest BCUT2D eigenvalue weighted by Crippen LogP contribution is 2.32. The third-order valence-electron chi connectivity index (χ3n) is 2.15. The molecule has 0 amide bonds. The van der Waals surface area contributed by atoms with Crippen molar-refractivity contribution >= 4 is 23.8 Å². The number of Topliss-reactive ketones (excluding diaryl/α,β-unsaturated/α-hetero) is 1. The van der Waals surface area contributed by atoms with Crippen LogP contribution in [0.5, 0.6) is 0 Å². The lowest BCUT2D eigenvalue weighted by Crippen LogP contribution is -2.36. The van der Waals surface area contributed by atoms with E-state index >= 15 is 0 Å². The summed E-state index contributed by atoms with van der Waals surface area (Å²) in [5.74, 6) is -2.27. The summed E-state index contributed by atoms with van der Waals surface area (Å²) in [4.78, 5) is 22.3. The van der Waals surface area contributed by atoms with Crippen LogP contribution in [0.25, 0.3) is 0 Å². The van der Waals surface area contributed by atoms with Crippen molar-refractivity contribution in [2.24, 2.45) is 0 Å². The van der Waals surface area contributed by atoms with Crippen molar-refractivity contribution in [2.45, 2.75) is 37.0 Å². The van der Waals surface area contributed by atoms with Crippen molar-refractivity contribution in [2.75, 3.05) is 0 Å². The molecule has 0 heterocycles. The van der Waals surface area contributed by atoms with E-state index in [4.69, 9.17) is 5.26 Å². The number of ketones is 1. The largest absolute Gasteiger partial charge is 0.449 e. The average molecular weight is 272 g/mol. The number of rotatable bonds is 5. The molecule has 1 aliphatic rings. The zero-order valence-electron chi connectivity index (χ0n) is 8.56. The van der Waals surface area contributed by atoms with E-state index in [0.29, 0.717) is 12.8 Å². The Hall–Kier alpha value is -0.770. The highest BCUT2D eigenvalue weighted by Gasteiger charge is 2.46. The highest BCUT2D eigenvalue weighted by atomic mass is 32.2. The number of hydrogen-bond acceptors (Lipinski definition) is 7. The number of alkyl halides is 2. The minimum absolute atomic E-state index is 0.215. The third-order valence-corrected chi connectivity index (χ3v) is 2.66. The molecule has 1 rings (SSSR count). The Morgan fingerprint density at radius 1 is 1.47 bits per heavy atom. The molecule has 17 heavy (non-hydrogen) atoms. The van der Waals surface area contributed by atoms with Gasteiger partial charge in [-0.1, -0.05) is 5.04 Å². The molecule has 1 aliphatic carbocycles. The van der Waals surface area contributed by atoms with Gasteiger partial charge in [0, 0.05) is 6.42 Å². The molecule has 0 spiro atoms. The summed E-state index contributed by atoms with van der Waals surface area (Å²) in [5, 5.41) is 6.58. The summed E-state index contributed by atoms with van der Waals surface area (Å²) < 4.78 is 33.8. The molecule has 1 unspecified atom stereocenters. The van der Waals surface area contributed by atoms with Gasteiger partial charge in [0.1, 0.15) is 12.0 Å². The van der Waals surface area contributed by atoms with Crippen molar-refractivity contribution in [1.29, 1.82) is 0 Å². The van der Waals surface area contributed by atoms with Gasteiger partial charge in [0.15, 0.2) is 11.9 Å². The van der Waals surface area contributed by atoms with Crippen LogP contribution in [0, 0.1) is 0 Å². The maximum atomic E-state index is 12.9. The Labute approximate surface area is 99.3 Å². The fraction of sp³-hybridized carbons (Fsp3) is 0.750. The molecular formula is C8H10F2O6S. The van der Waals surface area contributed by atoms with Crippen molar-refractivity contribution in [3.05, 3.63) is 0 Å². The van der Waals surface area contributed by atoms with Gasteiger partial charge in [0.2, 0.25) is 0 Å². The quantitative estimate of drug-likeness (QED) is 0.353. The van der Waals surface area contributed by atoms with Crippen LogP contribution in [-0.4, -0.2) is 28.4 Å². The molecule has 1 saturated carbocycles. The Morgan fingerprint density at radius 2 is 2.18 bits per heavy atom. The SMILES string of the molecule is O=C1CCCCC1OC(=O)C(F)(F)SOOO. The molecule has 0 saturated heterocycles. The van der Waals surface area contributed by atoms with Gasteiger partial charge in [-0.2, -0.15) is 8.78 Å². The van der Waals surface area contributed by atoms with Gasteiger partial charge in [0.25, 0.3) is 0 Å². The summed E-state index contributed by atoms with van der Waals surface area (Å²) in [5.41, 5.74) is 0. The summed E-state index contributed by atoms with van der Waals surface area (Å²) in [6.07, 6.45) is 0.631. The van der Waals surface area contributed by atoms with E-state index in [2.05, 4.69) is 14.1 Å². The first kappa shape index (κ1) is 14.3. The maximum absolute atomic E-state index is 12.9. The average Bonchev–Trinajstić information content (AvgIpc) is 2.29. The van der Waals surface area contributed by atoms with E-state index in [9.17, 15) is 18.4 Å². The van der Waals surface area contributed by atoms with Crippen LogP contribution in [0.15, 0.2) is 0 Å². The number of carbonyl (C=O) groups is 2. The van der Waals surface area contributed by atoms with Crippen LogP contribution in [0.2, 0.25) is 0 Å². The molecule has 6 nitrogen and oxygen atoms in total. The van der Waals surface area contributed by atoms with Crippen LogP contribution < -0.4 is 0 Å². The van der Waals surface area contributed by atoms with E-state index in [1.807, 2.05) is 0 Å². The molecular weight excluding hydrogens is 262 g/mol. The van der Waals surface area contributed by atoms with Crippen molar-refractivity contribution < 1.29 is 37.7 Å². The van der Waals surface area contributed by atoms with E-state index in [1.54, 1.807) is 0 Å². The lowest BCUT2D eigenvalue weighted by molar-refractivity contribution is -0.433. The standard InChI is InChI=1S/C8H10F2O6S/c9-8(10,17-16-15-13)7(12)14-6-4-2-1-3-5(6)11/h6,13H,1-4H2. The number of hydrogen-bond donors (Lipinski definition) is 1. The molecule has 0 aromatic heterocycles. The Morgan fingerprint density at radius 3 is 2.76 bits per heavy atom. The minimum atomic E-state index is -4.06. The molecule has 0 aromatic carbocycles. The first-order valence-corrected chi connectivity index (χ1v) is 5.49. The number of carbonyl (C=O) groups excluding carboxylic acids is 2. The van der Waals surface area contributed by atoms with Gasteiger partial charge in [0.05, 0.1) is 0 Å². The second-order valence-corrected chi connectivity index (χ2v) is 4.16. The first-order chi connectivity index (χ1) is 7.97. The zero-order valence-corrected chi connectivity index (χ0v) is 9.37. The van der Waals surface area contributed by atoms with Crippen LogP contribution >= 0.6 is 12.0 Å². The predicted molar refractivity (Wildman–Crippen MR) is 50.7 cm³/mol. The Kier molecular flexibility index (Phi) is 5.25. The Balaban J connectivity index is 2.49. The topological polar surface area (TPSA) is 82.1 Å². The fourth-order valence-corrected chi connectivity index (χ4v) is 1.60. The van der Waals surface area contributed by atoms with Gasteiger partial charge in [-0.15, -0.1) is 4.33 Å². The smallest absolute Gasteiger partial charge is 0.415 e. The molecule has 0 aliphatic heterocycles. The van der Waals surface area contributed by atoms with Gasteiger partial charge in [-0.05, 0) is 19.3 Å². The second-order valence-electron chi connectivity index (χ2n) is 3.35. The van der Waals surface area contributed by atoms with E-state index in [-0.39, 0.29) is 18.6 Å². The number of halogens is 2. The molecule has 1 atom stereocenters. The van der Waals surface area contributed by atoms with Crippen LogP contribution in [0.4, 0.5) is 8.78 Å². The molecule has 1 N–H and O–H groups in total. The fourth-order valence-electron chi connectivity index (χ4n) is 1.37. The van der Waals surface area contributed by atoms with Gasteiger partial charge >= 0.3 is 11.2 Å². The molecule has 0 aromatic rings. The number of ether oxygens (including phenoxy) is 1. The monoisotopic (exact) mass is 272 g/mol. The normalized spacial score (nSPS) is 21.4. The maximum Gasteiger partial charge on any atom is 0.415 e. The molecule has 0 bridgehead atoms. The summed E-state index contributed by atoms with van der Waals surface area (Å²) in [6.45, 7) is 0. The van der Waals surface area contributed by atoms with E-state index in [1.165, 1.54) is 0 Å². The predicted octanol–water partition coefficient (Wildman–Crippen LogP) is 1.70. The second kappa shape index (κ2) is 6.24. The summed E-state index contributed by atoms with van der Waals surface area (Å²) in [6, 6.07) is 0. The Bertz CT molecular complexity index is 298.